The number of nitrogens with one attached hydrogen (secondary N) is 1. The van der Waals surface area contributed by atoms with Crippen molar-refractivity contribution in [3.05, 3.63) is 52.5 Å². The molecule has 0 atom stereocenters. The van der Waals surface area contributed by atoms with Gasteiger partial charge in [0.2, 0.25) is 5.91 Å². The molecule has 0 heterocycles. The van der Waals surface area contributed by atoms with E-state index in [1.54, 1.807) is 0 Å². The predicted molar refractivity (Wildman–Crippen MR) is 89.1 cm³/mol. The smallest absolute Gasteiger partial charge is 0.234 e. The summed E-state index contributed by atoms with van der Waals surface area (Å²) in [6.07, 6.45) is 0. The van der Waals surface area contributed by atoms with Crippen molar-refractivity contribution in [1.82, 2.24) is 0 Å². The standard InChI is InChI=1S/C15H15BrN2OS/c1-10-2-5-12(6-3-10)18-15(19)9-20-14-7-4-11(16)8-13(14)17/h2-8H,9,17H2,1H3,(H,18,19). The van der Waals surface area contributed by atoms with Gasteiger partial charge in [-0.2, -0.15) is 0 Å². The highest BCUT2D eigenvalue weighted by molar-refractivity contribution is 9.10. The van der Waals surface area contributed by atoms with Gasteiger partial charge in [-0.3, -0.25) is 4.79 Å². The summed E-state index contributed by atoms with van der Waals surface area (Å²) in [4.78, 5) is 12.8. The van der Waals surface area contributed by atoms with E-state index in [0.717, 1.165) is 15.1 Å². The lowest BCUT2D eigenvalue weighted by atomic mass is 10.2. The van der Waals surface area contributed by atoms with Crippen molar-refractivity contribution in [2.75, 3.05) is 16.8 Å². The molecular formula is C15H15BrN2OS. The normalized spacial score (nSPS) is 10.3. The summed E-state index contributed by atoms with van der Waals surface area (Å²) in [5.41, 5.74) is 8.54. The van der Waals surface area contributed by atoms with E-state index in [1.807, 2.05) is 49.4 Å². The molecule has 0 spiro atoms. The number of benzene rings is 2. The minimum atomic E-state index is -0.0406. The van der Waals surface area contributed by atoms with Gasteiger partial charge < -0.3 is 11.1 Å². The molecule has 0 bridgehead atoms. The molecule has 1 amide bonds. The topological polar surface area (TPSA) is 55.1 Å². The van der Waals surface area contributed by atoms with E-state index in [1.165, 1.54) is 17.3 Å². The Morgan fingerprint density at radius 1 is 1.25 bits per heavy atom. The molecule has 2 aromatic carbocycles. The number of hydrogen-bond acceptors (Lipinski definition) is 3. The third-order valence-electron chi connectivity index (χ3n) is 2.67. The lowest BCUT2D eigenvalue weighted by Crippen LogP contribution is -2.14. The van der Waals surface area contributed by atoms with Gasteiger partial charge in [0, 0.05) is 20.7 Å². The molecule has 0 saturated carbocycles. The maximum Gasteiger partial charge on any atom is 0.234 e. The zero-order valence-corrected chi connectivity index (χ0v) is 13.4. The van der Waals surface area contributed by atoms with E-state index in [4.69, 9.17) is 5.73 Å². The van der Waals surface area contributed by atoms with Crippen LogP contribution in [0, 0.1) is 6.92 Å². The largest absolute Gasteiger partial charge is 0.398 e. The summed E-state index contributed by atoms with van der Waals surface area (Å²) in [7, 11) is 0. The van der Waals surface area contributed by atoms with E-state index in [-0.39, 0.29) is 5.91 Å². The number of carbonyl (C=O) groups is 1. The van der Waals surface area contributed by atoms with Crippen LogP contribution in [0.5, 0.6) is 0 Å². The second-order valence-corrected chi connectivity index (χ2v) is 6.32. The quantitative estimate of drug-likeness (QED) is 0.645. The Labute approximate surface area is 131 Å². The lowest BCUT2D eigenvalue weighted by Gasteiger charge is -2.07. The van der Waals surface area contributed by atoms with Crippen LogP contribution in [0.2, 0.25) is 0 Å². The summed E-state index contributed by atoms with van der Waals surface area (Å²) in [6, 6.07) is 13.4. The van der Waals surface area contributed by atoms with Crippen LogP contribution in [0.4, 0.5) is 11.4 Å². The maximum atomic E-state index is 11.9. The van der Waals surface area contributed by atoms with Crippen LogP contribution in [0.1, 0.15) is 5.56 Å². The van der Waals surface area contributed by atoms with E-state index in [0.29, 0.717) is 11.4 Å². The fourth-order valence-corrected chi connectivity index (χ4v) is 2.76. The highest BCUT2D eigenvalue weighted by Gasteiger charge is 2.06. The second-order valence-electron chi connectivity index (χ2n) is 4.39. The van der Waals surface area contributed by atoms with Crippen molar-refractivity contribution in [3.63, 3.8) is 0 Å². The first-order valence-corrected chi connectivity index (χ1v) is 7.87. The van der Waals surface area contributed by atoms with Gasteiger partial charge in [0.05, 0.1) is 5.75 Å². The molecule has 5 heteroatoms. The van der Waals surface area contributed by atoms with Crippen LogP contribution < -0.4 is 11.1 Å². The number of amides is 1. The molecule has 0 aliphatic rings. The molecule has 0 radical (unpaired) electrons. The molecular weight excluding hydrogens is 336 g/mol. The first-order chi connectivity index (χ1) is 9.54. The number of carbonyl (C=O) groups excluding carboxylic acids is 1. The third kappa shape index (κ3) is 4.28. The van der Waals surface area contributed by atoms with Crippen LogP contribution in [0.25, 0.3) is 0 Å². The van der Waals surface area contributed by atoms with E-state index in [2.05, 4.69) is 21.2 Å². The van der Waals surface area contributed by atoms with Crippen molar-refractivity contribution in [2.24, 2.45) is 0 Å². The van der Waals surface area contributed by atoms with Crippen molar-refractivity contribution < 1.29 is 4.79 Å². The third-order valence-corrected chi connectivity index (χ3v) is 4.25. The van der Waals surface area contributed by atoms with Crippen molar-refractivity contribution in [1.29, 1.82) is 0 Å². The highest BCUT2D eigenvalue weighted by Crippen LogP contribution is 2.27. The first kappa shape index (κ1) is 14.9. The van der Waals surface area contributed by atoms with Gasteiger partial charge in [-0.05, 0) is 37.3 Å². The first-order valence-electron chi connectivity index (χ1n) is 6.09. The molecule has 0 saturated heterocycles. The summed E-state index contributed by atoms with van der Waals surface area (Å²) in [6.45, 7) is 2.01. The molecule has 104 valence electrons. The van der Waals surface area contributed by atoms with Gasteiger partial charge in [0.15, 0.2) is 0 Å². The average Bonchev–Trinajstić information content (AvgIpc) is 2.40. The Morgan fingerprint density at radius 2 is 1.95 bits per heavy atom. The number of anilines is 2. The molecule has 2 aromatic rings. The van der Waals surface area contributed by atoms with Gasteiger partial charge in [-0.1, -0.05) is 33.6 Å². The van der Waals surface area contributed by atoms with Gasteiger partial charge in [0.25, 0.3) is 0 Å². The van der Waals surface area contributed by atoms with Gasteiger partial charge in [-0.25, -0.2) is 0 Å². The summed E-state index contributed by atoms with van der Waals surface area (Å²) < 4.78 is 0.934. The average molecular weight is 351 g/mol. The van der Waals surface area contributed by atoms with Gasteiger partial charge in [0.1, 0.15) is 0 Å². The maximum absolute atomic E-state index is 11.9. The summed E-state index contributed by atoms with van der Waals surface area (Å²) in [5, 5.41) is 2.86. The van der Waals surface area contributed by atoms with E-state index < -0.39 is 0 Å². The number of rotatable bonds is 4. The zero-order chi connectivity index (χ0) is 14.5. The minimum Gasteiger partial charge on any atom is -0.398 e. The molecule has 0 unspecified atom stereocenters. The lowest BCUT2D eigenvalue weighted by molar-refractivity contribution is -0.113. The molecule has 20 heavy (non-hydrogen) atoms. The monoisotopic (exact) mass is 350 g/mol. The summed E-state index contributed by atoms with van der Waals surface area (Å²) in [5.74, 6) is 0.292. The zero-order valence-electron chi connectivity index (χ0n) is 11.0. The minimum absolute atomic E-state index is 0.0406. The fraction of sp³-hybridized carbons (Fsp3) is 0.133. The second kappa shape index (κ2) is 6.81. The number of nitrogens with two attached hydrogens (primary N) is 1. The Bertz CT molecular complexity index is 614. The van der Waals surface area contributed by atoms with Crippen molar-refractivity contribution in [2.45, 2.75) is 11.8 Å². The van der Waals surface area contributed by atoms with E-state index >= 15 is 0 Å². The molecule has 0 aliphatic heterocycles. The van der Waals surface area contributed by atoms with Crippen LogP contribution in [-0.4, -0.2) is 11.7 Å². The fourth-order valence-electron chi connectivity index (χ4n) is 1.63. The van der Waals surface area contributed by atoms with Crippen molar-refractivity contribution >= 4 is 45.0 Å². The number of aryl methyl sites for hydroxylation is 1. The molecule has 0 fully saturated rings. The highest BCUT2D eigenvalue weighted by atomic mass is 79.9. The molecule has 2 rings (SSSR count). The Kier molecular flexibility index (Phi) is 5.09. The number of halogens is 1. The number of nitrogen functional groups attached to an aromatic ring is 1. The van der Waals surface area contributed by atoms with Crippen LogP contribution in [0.15, 0.2) is 51.8 Å². The molecule has 3 nitrogen and oxygen atoms in total. The number of thioether (sulfide) groups is 1. The Morgan fingerprint density at radius 3 is 2.60 bits per heavy atom. The van der Waals surface area contributed by atoms with Crippen LogP contribution in [0.3, 0.4) is 0 Å². The van der Waals surface area contributed by atoms with Gasteiger partial charge in [-0.15, -0.1) is 11.8 Å². The van der Waals surface area contributed by atoms with Gasteiger partial charge >= 0.3 is 0 Å². The van der Waals surface area contributed by atoms with Crippen molar-refractivity contribution in [3.8, 4) is 0 Å². The van der Waals surface area contributed by atoms with Crippen LogP contribution >= 0.6 is 27.7 Å². The molecule has 0 aromatic heterocycles. The van der Waals surface area contributed by atoms with Crippen LogP contribution in [-0.2, 0) is 4.79 Å². The summed E-state index contributed by atoms with van der Waals surface area (Å²) >= 11 is 4.79. The predicted octanol–water partition coefficient (Wildman–Crippen LogP) is 4.07. The van der Waals surface area contributed by atoms with E-state index in [9.17, 15) is 4.79 Å². The molecule has 3 N–H and O–H groups in total. The SMILES string of the molecule is Cc1ccc(NC(=O)CSc2ccc(Br)cc2N)cc1. The Balaban J connectivity index is 1.90. The number of hydrogen-bond donors (Lipinski definition) is 2. The molecule has 0 aliphatic carbocycles. The Hall–Kier alpha value is -1.46.